The zero-order valence-corrected chi connectivity index (χ0v) is 12.1. The second kappa shape index (κ2) is 5.04. The van der Waals surface area contributed by atoms with Crippen molar-refractivity contribution in [3.63, 3.8) is 0 Å². The molecule has 1 aliphatic rings. The Morgan fingerprint density at radius 1 is 1.00 bits per heavy atom. The Labute approximate surface area is 120 Å². The highest BCUT2D eigenvalue weighted by Crippen LogP contribution is 2.34. The number of aryl methyl sites for hydroxylation is 1. The molecular formula is C18H20N2. The standard InChI is InChI=1S/C18H20N2/c1-20(2)17-8-3-13(4-9-17)11-14-5-6-15-12-16(19)7-10-18(14)15/h3-4,7-12H,5-6,19H2,1-2H3/b14-11+. The van der Waals surface area contributed by atoms with E-state index < -0.39 is 0 Å². The summed E-state index contributed by atoms with van der Waals surface area (Å²) < 4.78 is 0. The number of hydrogen-bond donors (Lipinski definition) is 1. The molecule has 2 aromatic carbocycles. The molecule has 2 nitrogen and oxygen atoms in total. The Kier molecular flexibility index (Phi) is 3.23. The molecule has 1 aliphatic carbocycles. The third-order valence-electron chi connectivity index (χ3n) is 3.89. The summed E-state index contributed by atoms with van der Waals surface area (Å²) in [5, 5.41) is 0. The summed E-state index contributed by atoms with van der Waals surface area (Å²) in [6.45, 7) is 0. The highest BCUT2D eigenvalue weighted by atomic mass is 15.1. The molecule has 0 saturated heterocycles. The molecule has 0 fully saturated rings. The molecule has 0 unspecified atom stereocenters. The molecule has 2 aromatic rings. The maximum absolute atomic E-state index is 5.85. The molecule has 0 spiro atoms. The van der Waals surface area contributed by atoms with Gasteiger partial charge in [0, 0.05) is 25.5 Å². The molecule has 0 aliphatic heterocycles. The van der Waals surface area contributed by atoms with Gasteiger partial charge in [0.15, 0.2) is 0 Å². The van der Waals surface area contributed by atoms with Crippen LogP contribution >= 0.6 is 0 Å². The number of nitrogens with zero attached hydrogens (tertiary/aromatic N) is 1. The predicted molar refractivity (Wildman–Crippen MR) is 87.8 cm³/mol. The average molecular weight is 264 g/mol. The number of hydrogen-bond acceptors (Lipinski definition) is 2. The summed E-state index contributed by atoms with van der Waals surface area (Å²) in [4.78, 5) is 2.12. The van der Waals surface area contributed by atoms with Crippen molar-refractivity contribution in [2.24, 2.45) is 0 Å². The van der Waals surface area contributed by atoms with Gasteiger partial charge in [-0.2, -0.15) is 0 Å². The maximum Gasteiger partial charge on any atom is 0.0361 e. The minimum atomic E-state index is 0.861. The van der Waals surface area contributed by atoms with Crippen LogP contribution in [0.5, 0.6) is 0 Å². The van der Waals surface area contributed by atoms with Crippen LogP contribution in [-0.4, -0.2) is 14.1 Å². The smallest absolute Gasteiger partial charge is 0.0361 e. The fraction of sp³-hybridized carbons (Fsp3) is 0.222. The number of fused-ring (bicyclic) bond motifs is 1. The van der Waals surface area contributed by atoms with Gasteiger partial charge in [0.05, 0.1) is 0 Å². The SMILES string of the molecule is CN(C)c1ccc(/C=C2\CCc3cc(N)ccc32)cc1. The molecule has 0 amide bonds. The molecule has 3 rings (SSSR count). The zero-order valence-electron chi connectivity index (χ0n) is 12.1. The zero-order chi connectivity index (χ0) is 14.1. The van der Waals surface area contributed by atoms with E-state index in [1.807, 2.05) is 6.07 Å². The number of allylic oxidation sites excluding steroid dienone is 1. The summed E-state index contributed by atoms with van der Waals surface area (Å²) in [6, 6.07) is 14.9. The van der Waals surface area contributed by atoms with Crippen LogP contribution in [0.3, 0.4) is 0 Å². The highest BCUT2D eigenvalue weighted by molar-refractivity contribution is 5.86. The van der Waals surface area contributed by atoms with Crippen molar-refractivity contribution in [2.75, 3.05) is 24.7 Å². The molecule has 0 aromatic heterocycles. The van der Waals surface area contributed by atoms with E-state index in [4.69, 9.17) is 5.73 Å². The van der Waals surface area contributed by atoms with Gasteiger partial charge in [0.2, 0.25) is 0 Å². The minimum Gasteiger partial charge on any atom is -0.399 e. The molecule has 0 heterocycles. The van der Waals surface area contributed by atoms with Crippen molar-refractivity contribution < 1.29 is 0 Å². The third-order valence-corrected chi connectivity index (χ3v) is 3.89. The number of nitrogen functional groups attached to an aromatic ring is 1. The Morgan fingerprint density at radius 2 is 1.75 bits per heavy atom. The first kappa shape index (κ1) is 12.8. The monoisotopic (exact) mass is 264 g/mol. The van der Waals surface area contributed by atoms with Gasteiger partial charge in [-0.25, -0.2) is 0 Å². The van der Waals surface area contributed by atoms with Gasteiger partial charge in [-0.05, 0) is 59.4 Å². The normalized spacial score (nSPS) is 15.4. The Hall–Kier alpha value is -2.22. The highest BCUT2D eigenvalue weighted by Gasteiger charge is 2.15. The second-order valence-corrected chi connectivity index (χ2v) is 5.57. The number of anilines is 2. The first-order valence-electron chi connectivity index (χ1n) is 7.00. The van der Waals surface area contributed by atoms with Crippen molar-refractivity contribution in [1.29, 1.82) is 0 Å². The van der Waals surface area contributed by atoms with Gasteiger partial charge >= 0.3 is 0 Å². The van der Waals surface area contributed by atoms with E-state index in [0.29, 0.717) is 0 Å². The molecule has 0 bridgehead atoms. The summed E-state index contributed by atoms with van der Waals surface area (Å²) in [5.74, 6) is 0. The van der Waals surface area contributed by atoms with E-state index in [9.17, 15) is 0 Å². The number of rotatable bonds is 2. The number of benzene rings is 2. The molecule has 2 heteroatoms. The fourth-order valence-corrected chi connectivity index (χ4v) is 2.76. The van der Waals surface area contributed by atoms with Gasteiger partial charge < -0.3 is 10.6 Å². The predicted octanol–water partition coefficient (Wildman–Crippen LogP) is 3.82. The summed E-state index contributed by atoms with van der Waals surface area (Å²) in [6.07, 6.45) is 4.50. The van der Waals surface area contributed by atoms with Gasteiger partial charge in [-0.3, -0.25) is 0 Å². The molecular weight excluding hydrogens is 244 g/mol. The lowest BCUT2D eigenvalue weighted by molar-refractivity contribution is 1.08. The molecule has 0 atom stereocenters. The minimum absolute atomic E-state index is 0.861. The Balaban J connectivity index is 1.91. The second-order valence-electron chi connectivity index (χ2n) is 5.57. The van der Waals surface area contributed by atoms with Crippen molar-refractivity contribution in [3.8, 4) is 0 Å². The number of nitrogens with two attached hydrogens (primary N) is 1. The van der Waals surface area contributed by atoms with Crippen LogP contribution in [0, 0.1) is 0 Å². The van der Waals surface area contributed by atoms with Crippen LogP contribution in [0.25, 0.3) is 11.6 Å². The van der Waals surface area contributed by atoms with Crippen molar-refractivity contribution in [3.05, 3.63) is 59.2 Å². The van der Waals surface area contributed by atoms with E-state index >= 15 is 0 Å². The van der Waals surface area contributed by atoms with Crippen LogP contribution in [0.4, 0.5) is 11.4 Å². The van der Waals surface area contributed by atoms with Crippen LogP contribution < -0.4 is 10.6 Å². The fourth-order valence-electron chi connectivity index (χ4n) is 2.76. The third kappa shape index (κ3) is 2.42. The molecule has 20 heavy (non-hydrogen) atoms. The largest absolute Gasteiger partial charge is 0.399 e. The van der Waals surface area contributed by atoms with Crippen molar-refractivity contribution >= 4 is 23.0 Å². The lowest BCUT2D eigenvalue weighted by Crippen LogP contribution is -2.07. The van der Waals surface area contributed by atoms with Crippen molar-refractivity contribution in [2.45, 2.75) is 12.8 Å². The van der Waals surface area contributed by atoms with E-state index in [0.717, 1.165) is 18.5 Å². The van der Waals surface area contributed by atoms with Gasteiger partial charge in [-0.1, -0.05) is 24.3 Å². The van der Waals surface area contributed by atoms with Crippen LogP contribution in [-0.2, 0) is 6.42 Å². The summed E-state index contributed by atoms with van der Waals surface area (Å²) in [5.41, 5.74) is 13.3. The molecule has 102 valence electrons. The summed E-state index contributed by atoms with van der Waals surface area (Å²) >= 11 is 0. The average Bonchev–Trinajstić information content (AvgIpc) is 2.81. The van der Waals surface area contributed by atoms with Gasteiger partial charge in [-0.15, -0.1) is 0 Å². The quantitative estimate of drug-likeness (QED) is 0.835. The van der Waals surface area contributed by atoms with E-state index in [1.165, 1.54) is 28.0 Å². The van der Waals surface area contributed by atoms with Gasteiger partial charge in [0.1, 0.15) is 0 Å². The lowest BCUT2D eigenvalue weighted by atomic mass is 10.0. The first-order chi connectivity index (χ1) is 9.63. The van der Waals surface area contributed by atoms with E-state index in [1.54, 1.807) is 0 Å². The van der Waals surface area contributed by atoms with Crippen molar-refractivity contribution in [1.82, 2.24) is 0 Å². The van der Waals surface area contributed by atoms with E-state index in [-0.39, 0.29) is 0 Å². The Morgan fingerprint density at radius 3 is 2.45 bits per heavy atom. The molecule has 0 saturated carbocycles. The Bertz CT molecular complexity index is 652. The van der Waals surface area contributed by atoms with Gasteiger partial charge in [0.25, 0.3) is 0 Å². The van der Waals surface area contributed by atoms with E-state index in [2.05, 4.69) is 61.5 Å². The van der Waals surface area contributed by atoms with Crippen LogP contribution in [0.2, 0.25) is 0 Å². The molecule has 0 radical (unpaired) electrons. The topological polar surface area (TPSA) is 29.3 Å². The molecule has 2 N–H and O–H groups in total. The van der Waals surface area contributed by atoms with Crippen LogP contribution in [0.1, 0.15) is 23.1 Å². The maximum atomic E-state index is 5.85. The first-order valence-corrected chi connectivity index (χ1v) is 7.00. The van der Waals surface area contributed by atoms with Crippen LogP contribution in [0.15, 0.2) is 42.5 Å². The lowest BCUT2D eigenvalue weighted by Gasteiger charge is -2.12. The summed E-state index contributed by atoms with van der Waals surface area (Å²) in [7, 11) is 4.12.